The van der Waals surface area contributed by atoms with Crippen molar-refractivity contribution in [3.63, 3.8) is 0 Å². The molecular formula is C24H21NO2. The highest BCUT2D eigenvalue weighted by Gasteiger charge is 2.27. The summed E-state index contributed by atoms with van der Waals surface area (Å²) in [5.41, 5.74) is 4.49. The fourth-order valence-corrected chi connectivity index (χ4v) is 3.99. The molecule has 0 saturated heterocycles. The zero-order valence-electron chi connectivity index (χ0n) is 15.1. The van der Waals surface area contributed by atoms with Crippen molar-refractivity contribution in [3.05, 3.63) is 83.9 Å². The Labute approximate surface area is 158 Å². The van der Waals surface area contributed by atoms with E-state index in [2.05, 4.69) is 47.0 Å². The second-order valence-electron chi connectivity index (χ2n) is 7.19. The summed E-state index contributed by atoms with van der Waals surface area (Å²) < 4.78 is 7.82. The molecule has 3 aromatic carbocycles. The van der Waals surface area contributed by atoms with Crippen LogP contribution in [-0.2, 0) is 11.3 Å². The predicted molar refractivity (Wildman–Crippen MR) is 108 cm³/mol. The van der Waals surface area contributed by atoms with Crippen LogP contribution in [-0.4, -0.2) is 17.1 Å². The molecule has 0 N–H and O–H groups in total. The van der Waals surface area contributed by atoms with Crippen LogP contribution in [0, 0.1) is 0 Å². The first kappa shape index (κ1) is 16.1. The van der Waals surface area contributed by atoms with Gasteiger partial charge < -0.3 is 9.30 Å². The number of ether oxygens (including phenoxy) is 1. The standard InChI is InChI=1S/C24H21NO2/c26-24(18-7-2-1-3-8-18)27-16-15-25-21-11-5-4-9-20(21)23-19(17-13-14-17)10-6-12-22(23)25/h1-12,17H,13-16H2. The highest BCUT2D eigenvalue weighted by molar-refractivity contribution is 6.10. The molecule has 0 atom stereocenters. The van der Waals surface area contributed by atoms with Gasteiger partial charge in [0.25, 0.3) is 0 Å². The molecule has 3 heteroatoms. The molecule has 1 aromatic heterocycles. The van der Waals surface area contributed by atoms with Crippen LogP contribution in [0.4, 0.5) is 0 Å². The van der Waals surface area contributed by atoms with E-state index in [1.165, 1.54) is 40.2 Å². The molecule has 1 aliphatic carbocycles. The molecule has 134 valence electrons. The number of rotatable bonds is 5. The molecule has 3 nitrogen and oxygen atoms in total. The molecule has 0 radical (unpaired) electrons. The van der Waals surface area contributed by atoms with Gasteiger partial charge in [0.1, 0.15) is 6.61 Å². The first-order valence-electron chi connectivity index (χ1n) is 9.55. The van der Waals surface area contributed by atoms with E-state index < -0.39 is 0 Å². The molecule has 1 fully saturated rings. The average molecular weight is 355 g/mol. The van der Waals surface area contributed by atoms with E-state index in [0.29, 0.717) is 24.6 Å². The molecule has 1 saturated carbocycles. The van der Waals surface area contributed by atoms with Crippen LogP contribution in [0.2, 0.25) is 0 Å². The molecule has 4 aromatic rings. The van der Waals surface area contributed by atoms with E-state index in [1.54, 1.807) is 12.1 Å². The number of para-hydroxylation sites is 1. The lowest BCUT2D eigenvalue weighted by Crippen LogP contribution is -2.11. The van der Waals surface area contributed by atoms with Gasteiger partial charge in [-0.25, -0.2) is 4.79 Å². The van der Waals surface area contributed by atoms with Gasteiger partial charge in [-0.1, -0.05) is 48.5 Å². The number of esters is 1. The van der Waals surface area contributed by atoms with Crippen LogP contribution >= 0.6 is 0 Å². The summed E-state index contributed by atoms with van der Waals surface area (Å²) >= 11 is 0. The van der Waals surface area contributed by atoms with Gasteiger partial charge in [0.15, 0.2) is 0 Å². The Morgan fingerprint density at radius 2 is 1.63 bits per heavy atom. The van der Waals surface area contributed by atoms with E-state index in [1.807, 2.05) is 18.2 Å². The smallest absolute Gasteiger partial charge is 0.338 e. The van der Waals surface area contributed by atoms with Crippen molar-refractivity contribution in [3.8, 4) is 0 Å². The molecule has 0 aliphatic heterocycles. The van der Waals surface area contributed by atoms with Crippen LogP contribution in [0.15, 0.2) is 72.8 Å². The third-order valence-corrected chi connectivity index (χ3v) is 5.40. The summed E-state index contributed by atoms with van der Waals surface area (Å²) in [6, 6.07) is 24.3. The zero-order valence-corrected chi connectivity index (χ0v) is 15.1. The van der Waals surface area contributed by atoms with E-state index in [-0.39, 0.29) is 5.97 Å². The minimum Gasteiger partial charge on any atom is -0.460 e. The number of benzene rings is 3. The first-order valence-corrected chi connectivity index (χ1v) is 9.55. The quantitative estimate of drug-likeness (QED) is 0.441. The maximum Gasteiger partial charge on any atom is 0.338 e. The van der Waals surface area contributed by atoms with Gasteiger partial charge in [-0.3, -0.25) is 0 Å². The number of carbonyl (C=O) groups excluding carboxylic acids is 1. The zero-order chi connectivity index (χ0) is 18.2. The Balaban J connectivity index is 1.47. The molecule has 0 amide bonds. The fourth-order valence-electron chi connectivity index (χ4n) is 3.99. The van der Waals surface area contributed by atoms with E-state index in [0.717, 1.165) is 0 Å². The second kappa shape index (κ2) is 6.58. The summed E-state index contributed by atoms with van der Waals surface area (Å²) in [7, 11) is 0. The normalized spacial score (nSPS) is 13.9. The van der Waals surface area contributed by atoms with Crippen molar-refractivity contribution in [2.75, 3.05) is 6.61 Å². The summed E-state index contributed by atoms with van der Waals surface area (Å²) in [5.74, 6) is 0.430. The molecule has 0 bridgehead atoms. The van der Waals surface area contributed by atoms with Crippen molar-refractivity contribution >= 4 is 27.8 Å². The third kappa shape index (κ3) is 2.89. The lowest BCUT2D eigenvalue weighted by Gasteiger charge is -2.09. The van der Waals surface area contributed by atoms with Gasteiger partial charge in [0, 0.05) is 21.8 Å². The van der Waals surface area contributed by atoms with Crippen LogP contribution in [0.1, 0.15) is 34.7 Å². The van der Waals surface area contributed by atoms with Crippen molar-refractivity contribution in [1.82, 2.24) is 4.57 Å². The predicted octanol–water partition coefficient (Wildman–Crippen LogP) is 5.53. The minimum absolute atomic E-state index is 0.268. The van der Waals surface area contributed by atoms with Gasteiger partial charge in [0.2, 0.25) is 0 Å². The monoisotopic (exact) mass is 355 g/mol. The van der Waals surface area contributed by atoms with Gasteiger partial charge in [0.05, 0.1) is 12.1 Å². The Morgan fingerprint density at radius 1 is 0.889 bits per heavy atom. The van der Waals surface area contributed by atoms with Gasteiger partial charge in [-0.05, 0) is 48.6 Å². The van der Waals surface area contributed by atoms with Crippen molar-refractivity contribution in [2.45, 2.75) is 25.3 Å². The maximum atomic E-state index is 12.2. The number of carbonyl (C=O) groups is 1. The minimum atomic E-state index is -0.268. The second-order valence-corrected chi connectivity index (χ2v) is 7.19. The van der Waals surface area contributed by atoms with E-state index >= 15 is 0 Å². The lowest BCUT2D eigenvalue weighted by atomic mass is 10.0. The van der Waals surface area contributed by atoms with Crippen LogP contribution in [0.3, 0.4) is 0 Å². The van der Waals surface area contributed by atoms with Crippen LogP contribution in [0.25, 0.3) is 21.8 Å². The molecule has 5 rings (SSSR count). The largest absolute Gasteiger partial charge is 0.460 e. The summed E-state index contributed by atoms with van der Waals surface area (Å²) in [4.78, 5) is 12.2. The highest BCUT2D eigenvalue weighted by Crippen LogP contribution is 2.45. The number of fused-ring (bicyclic) bond motifs is 3. The fraction of sp³-hybridized carbons (Fsp3) is 0.208. The molecular weight excluding hydrogens is 334 g/mol. The SMILES string of the molecule is O=C(OCCn1c2ccccc2c2c(C3CC3)cccc21)c1ccccc1. The van der Waals surface area contributed by atoms with E-state index in [4.69, 9.17) is 4.74 Å². The van der Waals surface area contributed by atoms with Crippen molar-refractivity contribution < 1.29 is 9.53 Å². The molecule has 1 aliphatic rings. The van der Waals surface area contributed by atoms with Gasteiger partial charge in [-0.2, -0.15) is 0 Å². The van der Waals surface area contributed by atoms with Crippen molar-refractivity contribution in [2.24, 2.45) is 0 Å². The Hall–Kier alpha value is -3.07. The number of hydrogen-bond acceptors (Lipinski definition) is 2. The summed E-state index contributed by atoms with van der Waals surface area (Å²) in [6.07, 6.45) is 2.57. The molecule has 0 spiro atoms. The number of hydrogen-bond donors (Lipinski definition) is 0. The van der Waals surface area contributed by atoms with Crippen molar-refractivity contribution in [1.29, 1.82) is 0 Å². The summed E-state index contributed by atoms with van der Waals surface area (Å²) in [5, 5.41) is 2.66. The first-order chi connectivity index (χ1) is 13.3. The highest BCUT2D eigenvalue weighted by atomic mass is 16.5. The van der Waals surface area contributed by atoms with Crippen LogP contribution < -0.4 is 0 Å². The third-order valence-electron chi connectivity index (χ3n) is 5.40. The van der Waals surface area contributed by atoms with Gasteiger partial charge >= 0.3 is 5.97 Å². The summed E-state index contributed by atoms with van der Waals surface area (Å²) in [6.45, 7) is 1.01. The van der Waals surface area contributed by atoms with E-state index in [9.17, 15) is 4.79 Å². The Bertz CT molecular complexity index is 1120. The number of nitrogens with zero attached hydrogens (tertiary/aromatic N) is 1. The maximum absolute atomic E-state index is 12.2. The van der Waals surface area contributed by atoms with Gasteiger partial charge in [-0.15, -0.1) is 0 Å². The molecule has 27 heavy (non-hydrogen) atoms. The Morgan fingerprint density at radius 3 is 2.44 bits per heavy atom. The molecule has 1 heterocycles. The molecule has 0 unspecified atom stereocenters. The Kier molecular flexibility index (Phi) is 3.93. The topological polar surface area (TPSA) is 31.2 Å². The lowest BCUT2D eigenvalue weighted by molar-refractivity contribution is 0.0493. The number of aromatic nitrogens is 1. The average Bonchev–Trinajstić information content (AvgIpc) is 3.52. The van der Waals surface area contributed by atoms with Crippen LogP contribution in [0.5, 0.6) is 0 Å².